The fourth-order valence-corrected chi connectivity index (χ4v) is 5.19. The zero-order valence-corrected chi connectivity index (χ0v) is 19.2. The molecule has 1 aliphatic heterocycles. The molecule has 8 nitrogen and oxygen atoms in total. The van der Waals surface area contributed by atoms with Crippen LogP contribution in [0.4, 0.5) is 5.82 Å². The van der Waals surface area contributed by atoms with E-state index in [1.165, 1.54) is 24.8 Å². The quantitative estimate of drug-likeness (QED) is 0.547. The number of nitrogens with one attached hydrogen (secondary N) is 1. The van der Waals surface area contributed by atoms with Crippen molar-refractivity contribution >= 4 is 39.2 Å². The van der Waals surface area contributed by atoms with Gasteiger partial charge in [0.25, 0.3) is 5.91 Å². The van der Waals surface area contributed by atoms with Crippen LogP contribution in [-0.4, -0.2) is 60.1 Å². The second-order valence-corrected chi connectivity index (χ2v) is 8.67. The Morgan fingerprint density at radius 2 is 2.12 bits per heavy atom. The van der Waals surface area contributed by atoms with Gasteiger partial charge in [-0.15, -0.1) is 11.3 Å². The highest BCUT2D eigenvalue weighted by Crippen LogP contribution is 2.35. The van der Waals surface area contributed by atoms with Gasteiger partial charge < -0.3 is 19.7 Å². The zero-order chi connectivity index (χ0) is 22.7. The predicted octanol–water partition coefficient (Wildman–Crippen LogP) is 3.44. The molecule has 9 heteroatoms. The van der Waals surface area contributed by atoms with E-state index in [2.05, 4.69) is 21.4 Å². The maximum atomic E-state index is 13.3. The first-order valence-electron chi connectivity index (χ1n) is 10.5. The highest BCUT2D eigenvalue weighted by atomic mass is 32.1. The minimum absolute atomic E-state index is 0.152. The Kier molecular flexibility index (Phi) is 6.55. The van der Waals surface area contributed by atoms with E-state index in [4.69, 9.17) is 9.47 Å². The number of methoxy groups -OCH3 is 2. The molecule has 32 heavy (non-hydrogen) atoms. The van der Waals surface area contributed by atoms with Crippen LogP contribution < -0.4 is 10.1 Å². The van der Waals surface area contributed by atoms with E-state index in [-0.39, 0.29) is 11.9 Å². The molecule has 0 aliphatic carbocycles. The van der Waals surface area contributed by atoms with Gasteiger partial charge in [0.15, 0.2) is 0 Å². The summed E-state index contributed by atoms with van der Waals surface area (Å²) >= 11 is 1.34. The zero-order valence-electron chi connectivity index (χ0n) is 18.4. The van der Waals surface area contributed by atoms with Crippen LogP contribution >= 0.6 is 11.3 Å². The van der Waals surface area contributed by atoms with Crippen molar-refractivity contribution in [3.8, 4) is 5.75 Å². The van der Waals surface area contributed by atoms with E-state index in [0.29, 0.717) is 30.2 Å². The number of esters is 1. The molecule has 2 aromatic heterocycles. The third-order valence-electron chi connectivity index (χ3n) is 5.75. The first-order valence-corrected chi connectivity index (χ1v) is 11.3. The molecule has 1 fully saturated rings. The molecule has 1 aromatic carbocycles. The van der Waals surface area contributed by atoms with Gasteiger partial charge in [0.2, 0.25) is 0 Å². The lowest BCUT2D eigenvalue weighted by molar-refractivity contribution is -0.145. The number of hydrogen-bond acceptors (Lipinski definition) is 8. The lowest BCUT2D eigenvalue weighted by atomic mass is 10.1. The first-order chi connectivity index (χ1) is 15.5. The SMILES string of the molecule is COC(=O)[C@@H]1CCCN1C(=O)c1sc2ncnc(NCCc3cccc(OC)c3)c2c1C. The molecule has 1 atom stereocenters. The minimum Gasteiger partial charge on any atom is -0.497 e. The van der Waals surface area contributed by atoms with E-state index in [9.17, 15) is 9.59 Å². The van der Waals surface area contributed by atoms with Crippen molar-refractivity contribution in [2.45, 2.75) is 32.2 Å². The number of likely N-dealkylation sites (tertiary alicyclic amines) is 1. The molecule has 0 spiro atoms. The number of hydrogen-bond donors (Lipinski definition) is 1. The largest absolute Gasteiger partial charge is 0.497 e. The number of carbonyl (C=O) groups is 2. The summed E-state index contributed by atoms with van der Waals surface area (Å²) in [6.45, 7) is 3.13. The second-order valence-electron chi connectivity index (χ2n) is 7.67. The Morgan fingerprint density at radius 3 is 2.91 bits per heavy atom. The Morgan fingerprint density at radius 1 is 1.28 bits per heavy atom. The van der Waals surface area contributed by atoms with Gasteiger partial charge in [0.05, 0.1) is 24.5 Å². The average molecular weight is 455 g/mol. The van der Waals surface area contributed by atoms with Gasteiger partial charge in [0, 0.05) is 13.1 Å². The van der Waals surface area contributed by atoms with Gasteiger partial charge in [-0.1, -0.05) is 12.1 Å². The van der Waals surface area contributed by atoms with Gasteiger partial charge in [-0.3, -0.25) is 4.79 Å². The van der Waals surface area contributed by atoms with Gasteiger partial charge in [0.1, 0.15) is 28.8 Å². The molecule has 3 heterocycles. The summed E-state index contributed by atoms with van der Waals surface area (Å²) < 4.78 is 10.2. The maximum Gasteiger partial charge on any atom is 0.328 e. The number of thiophene rings is 1. The topological polar surface area (TPSA) is 93.7 Å². The number of carbonyl (C=O) groups excluding carboxylic acids is 2. The lowest BCUT2D eigenvalue weighted by Gasteiger charge is -2.22. The summed E-state index contributed by atoms with van der Waals surface area (Å²) in [7, 11) is 3.01. The lowest BCUT2D eigenvalue weighted by Crippen LogP contribution is -2.41. The predicted molar refractivity (Wildman–Crippen MR) is 123 cm³/mol. The van der Waals surface area contributed by atoms with Crippen molar-refractivity contribution in [1.29, 1.82) is 0 Å². The third-order valence-corrected chi connectivity index (χ3v) is 6.94. The van der Waals surface area contributed by atoms with Crippen molar-refractivity contribution in [2.24, 2.45) is 0 Å². The Labute approximate surface area is 190 Å². The molecular formula is C23H26N4O4S. The first kappa shape index (κ1) is 22.0. The summed E-state index contributed by atoms with van der Waals surface area (Å²) in [5.74, 6) is 1.02. The Bertz CT molecular complexity index is 1150. The molecule has 1 aliphatic rings. The third kappa shape index (κ3) is 4.25. The molecule has 1 amide bonds. The van der Waals surface area contributed by atoms with Crippen molar-refractivity contribution in [3.63, 3.8) is 0 Å². The number of amides is 1. The Hall–Kier alpha value is -3.20. The molecular weight excluding hydrogens is 428 g/mol. The number of ether oxygens (including phenoxy) is 2. The Balaban J connectivity index is 1.54. The van der Waals surface area contributed by atoms with Crippen LogP contribution in [0.5, 0.6) is 5.75 Å². The number of aryl methyl sites for hydroxylation is 1. The van der Waals surface area contributed by atoms with E-state index < -0.39 is 6.04 Å². The summed E-state index contributed by atoms with van der Waals surface area (Å²) in [5, 5.41) is 4.24. The van der Waals surface area contributed by atoms with Crippen molar-refractivity contribution < 1.29 is 19.1 Å². The van der Waals surface area contributed by atoms with Crippen LogP contribution in [0.1, 0.15) is 33.6 Å². The van der Waals surface area contributed by atoms with Crippen LogP contribution in [0.15, 0.2) is 30.6 Å². The fraction of sp³-hybridized carbons (Fsp3) is 0.391. The molecule has 0 unspecified atom stereocenters. The number of anilines is 1. The normalized spacial score (nSPS) is 15.7. The fourth-order valence-electron chi connectivity index (χ4n) is 4.08. The molecule has 4 rings (SSSR count). The summed E-state index contributed by atoms with van der Waals surface area (Å²) in [6.07, 6.45) is 3.71. The number of benzene rings is 1. The van der Waals surface area contributed by atoms with Crippen molar-refractivity contribution in [3.05, 3.63) is 46.6 Å². The summed E-state index contributed by atoms with van der Waals surface area (Å²) in [4.78, 5) is 37.1. The highest BCUT2D eigenvalue weighted by molar-refractivity contribution is 7.20. The standard InChI is InChI=1S/C23H26N4O4S/c1-14-18-20(24-10-9-15-6-4-7-16(12-15)30-2)25-13-26-21(18)32-19(14)22(28)27-11-5-8-17(27)23(29)31-3/h4,6-7,12-13,17H,5,8-11H2,1-3H3,(H,24,25,26)/t17-/m0/s1. The van der Waals surface area contributed by atoms with Crippen LogP contribution in [0.25, 0.3) is 10.2 Å². The maximum absolute atomic E-state index is 13.3. The van der Waals surface area contributed by atoms with Crippen LogP contribution in [0.2, 0.25) is 0 Å². The number of fused-ring (bicyclic) bond motifs is 1. The summed E-state index contributed by atoms with van der Waals surface area (Å²) in [6, 6.07) is 7.43. The molecule has 0 radical (unpaired) electrons. The van der Waals surface area contributed by atoms with E-state index in [0.717, 1.165) is 39.9 Å². The van der Waals surface area contributed by atoms with E-state index in [1.54, 1.807) is 12.0 Å². The van der Waals surface area contributed by atoms with Crippen LogP contribution in [0.3, 0.4) is 0 Å². The van der Waals surface area contributed by atoms with Crippen LogP contribution in [0, 0.1) is 6.92 Å². The molecule has 0 saturated carbocycles. The number of rotatable bonds is 7. The van der Waals surface area contributed by atoms with Gasteiger partial charge >= 0.3 is 5.97 Å². The molecule has 0 bridgehead atoms. The highest BCUT2D eigenvalue weighted by Gasteiger charge is 2.36. The van der Waals surface area contributed by atoms with Gasteiger partial charge in [-0.05, 0) is 49.4 Å². The van der Waals surface area contributed by atoms with Crippen LogP contribution in [-0.2, 0) is 16.0 Å². The van der Waals surface area contributed by atoms with Crippen molar-refractivity contribution in [1.82, 2.24) is 14.9 Å². The monoisotopic (exact) mass is 454 g/mol. The molecule has 3 aromatic rings. The number of nitrogens with zero attached hydrogens (tertiary/aromatic N) is 3. The van der Waals surface area contributed by atoms with Gasteiger partial charge in [-0.2, -0.15) is 0 Å². The van der Waals surface area contributed by atoms with Gasteiger partial charge in [-0.25, -0.2) is 14.8 Å². The molecule has 168 valence electrons. The van der Waals surface area contributed by atoms with E-state index in [1.807, 2.05) is 25.1 Å². The average Bonchev–Trinajstić information content (AvgIpc) is 3.44. The summed E-state index contributed by atoms with van der Waals surface area (Å²) in [5.41, 5.74) is 1.98. The smallest absolute Gasteiger partial charge is 0.328 e. The van der Waals surface area contributed by atoms with E-state index >= 15 is 0 Å². The number of aromatic nitrogens is 2. The molecule has 1 N–H and O–H groups in total. The second kappa shape index (κ2) is 9.52. The molecule has 1 saturated heterocycles. The van der Waals surface area contributed by atoms with Crippen molar-refractivity contribution in [2.75, 3.05) is 32.6 Å². The minimum atomic E-state index is -0.524.